The van der Waals surface area contributed by atoms with Gasteiger partial charge in [-0.05, 0) is 180 Å². The van der Waals surface area contributed by atoms with Crippen LogP contribution in [0.1, 0.15) is 131 Å². The van der Waals surface area contributed by atoms with E-state index in [-0.39, 0.29) is 81.6 Å². The summed E-state index contributed by atoms with van der Waals surface area (Å²) in [5, 5.41) is 39.7. The molecule has 0 atom stereocenters. The summed E-state index contributed by atoms with van der Waals surface area (Å²) in [5.41, 5.74) is 17.5. The molecule has 0 heterocycles. The average Bonchev–Trinajstić information content (AvgIpc) is 0.884. The summed E-state index contributed by atoms with van der Waals surface area (Å²) >= 11 is 0. The van der Waals surface area contributed by atoms with Gasteiger partial charge in [0.2, 0.25) is 0 Å². The Balaban J connectivity index is 0. The van der Waals surface area contributed by atoms with Gasteiger partial charge in [0.15, 0.2) is 0 Å². The van der Waals surface area contributed by atoms with Gasteiger partial charge in [0.1, 0.15) is 46.0 Å². The van der Waals surface area contributed by atoms with Crippen LogP contribution in [0, 0.1) is 20.8 Å². The molecule has 0 radical (unpaired) electrons. The minimum absolute atomic E-state index is 0. The number of aryl methyl sites for hydroxylation is 4. The Morgan fingerprint density at radius 2 is 0.663 bits per heavy atom. The summed E-state index contributed by atoms with van der Waals surface area (Å²) < 4.78 is 21.8. The monoisotopic (exact) mass is 1430 g/mol. The third kappa shape index (κ3) is 29.2. The van der Waals surface area contributed by atoms with Crippen molar-refractivity contribution in [3.05, 3.63) is 286 Å². The molecule has 502 valence electrons. The predicted octanol–water partition coefficient (Wildman–Crippen LogP) is 21.0. The molecular weight excluding hydrogens is 1330 g/mol. The van der Waals surface area contributed by atoms with E-state index in [1.807, 2.05) is 109 Å². The summed E-state index contributed by atoms with van der Waals surface area (Å²) in [6.07, 6.45) is 22.9. The fourth-order valence-corrected chi connectivity index (χ4v) is 9.80. The second-order valence-electron chi connectivity index (χ2n) is 22.9. The minimum Gasteiger partial charge on any atom is -0.508 e. The van der Waals surface area contributed by atoms with Crippen molar-refractivity contribution in [3.8, 4) is 46.0 Å². The van der Waals surface area contributed by atoms with E-state index in [1.165, 1.54) is 39.0 Å². The normalized spacial score (nSPS) is 10.2. The Bertz CT molecular complexity index is 3430. The molecule has 0 aliphatic heterocycles. The van der Waals surface area contributed by atoms with Crippen LogP contribution in [0.4, 0.5) is 0 Å². The first-order chi connectivity index (χ1) is 42.4. The number of methoxy groups -OCH3 is 4. The molecule has 8 nitrogen and oxygen atoms in total. The van der Waals surface area contributed by atoms with E-state index in [0.29, 0.717) is 17.4 Å². The summed E-state index contributed by atoms with van der Waals surface area (Å²) in [5.74, 6) is 4.63. The number of allylic oxidation sites excluding steroid dienone is 6. The third-order valence-corrected chi connectivity index (χ3v) is 14.6. The molecule has 0 aromatic heterocycles. The van der Waals surface area contributed by atoms with Crippen LogP contribution in [0.5, 0.6) is 46.0 Å². The van der Waals surface area contributed by atoms with E-state index in [2.05, 4.69) is 122 Å². The summed E-state index contributed by atoms with van der Waals surface area (Å²) in [6.45, 7) is 17.0. The van der Waals surface area contributed by atoms with E-state index in [0.717, 1.165) is 114 Å². The van der Waals surface area contributed by atoms with Crippen LogP contribution in [0.3, 0.4) is 0 Å². The number of ether oxygens (including phenoxy) is 4. The topological polar surface area (TPSA) is 118 Å². The van der Waals surface area contributed by atoms with Crippen molar-refractivity contribution in [1.82, 2.24) is 0 Å². The molecule has 0 amide bonds. The van der Waals surface area contributed by atoms with E-state index >= 15 is 0 Å². The number of aromatic hydroxyl groups is 4. The quantitative estimate of drug-likeness (QED) is 0.0217. The molecule has 4 N–H and O–H groups in total. The Morgan fingerprint density at radius 3 is 0.989 bits per heavy atom. The number of rotatable bonds is 23. The number of hydrogen-bond acceptors (Lipinski definition) is 8. The fraction of sp³-hybridized carbons (Fsp3) is 0.268. The molecule has 0 spiro atoms. The van der Waals surface area contributed by atoms with Crippen molar-refractivity contribution in [2.75, 3.05) is 28.4 Å². The molecule has 0 aliphatic carbocycles. The molecule has 0 saturated carbocycles. The van der Waals surface area contributed by atoms with Crippen molar-refractivity contribution < 1.29 is 83.1 Å². The van der Waals surface area contributed by atoms with Crippen LogP contribution in [0.15, 0.2) is 205 Å². The van der Waals surface area contributed by atoms with Crippen molar-refractivity contribution in [3.63, 3.8) is 0 Å². The van der Waals surface area contributed by atoms with Gasteiger partial charge in [-0.1, -0.05) is 194 Å². The van der Waals surface area contributed by atoms with Crippen molar-refractivity contribution in [2.45, 2.75) is 113 Å². The molecule has 92 heavy (non-hydrogen) atoms. The van der Waals surface area contributed by atoms with Gasteiger partial charge < -0.3 is 54.2 Å². The molecule has 0 fully saturated rings. The van der Waals surface area contributed by atoms with Crippen LogP contribution in [-0.2, 0) is 92.2 Å². The van der Waals surface area contributed by atoms with E-state index in [1.54, 1.807) is 64.8 Å². The Hall–Kier alpha value is -7.82. The van der Waals surface area contributed by atoms with Crippen LogP contribution in [0.25, 0.3) is 24.3 Å². The van der Waals surface area contributed by atoms with Gasteiger partial charge >= 0.3 is 0 Å². The zero-order chi connectivity index (χ0) is 63.8. The Morgan fingerprint density at radius 1 is 0.370 bits per heavy atom. The van der Waals surface area contributed by atoms with Crippen LogP contribution >= 0.6 is 0 Å². The van der Waals surface area contributed by atoms with Crippen molar-refractivity contribution in [2.24, 2.45) is 5.92 Å². The number of hydrogen-bond donors (Lipinski definition) is 4. The van der Waals surface area contributed by atoms with E-state index in [9.17, 15) is 20.4 Å². The number of phenols is 4. The van der Waals surface area contributed by atoms with Crippen LogP contribution in [-0.4, -0.2) is 48.9 Å². The van der Waals surface area contributed by atoms with Crippen LogP contribution in [0.2, 0.25) is 0 Å². The second kappa shape index (κ2) is 44.6. The largest absolute Gasteiger partial charge is 0.508 e. The van der Waals surface area contributed by atoms with E-state index in [4.69, 9.17) is 18.9 Å². The number of benzene rings is 8. The van der Waals surface area contributed by atoms with Crippen LogP contribution < -0.4 is 18.9 Å². The first-order valence-corrected chi connectivity index (χ1v) is 30.4. The van der Waals surface area contributed by atoms with Crippen molar-refractivity contribution >= 4 is 24.3 Å². The van der Waals surface area contributed by atoms with E-state index < -0.39 is 0 Å². The smallest absolute Gasteiger partial charge is 0.126 e. The molecule has 8 rings (SSSR count). The summed E-state index contributed by atoms with van der Waals surface area (Å²) in [6, 6.07) is 55.1. The zero-order valence-electron chi connectivity index (χ0n) is 56.7. The van der Waals surface area contributed by atoms with Gasteiger partial charge in [0, 0.05) is 84.7 Å². The molecule has 10 heteroatoms. The van der Waals surface area contributed by atoms with Gasteiger partial charge in [-0.3, -0.25) is 0 Å². The maximum atomic E-state index is 9.94. The molecule has 0 unspecified atom stereocenters. The Kier molecular flexibility index (Phi) is 39.9. The van der Waals surface area contributed by atoms with Gasteiger partial charge in [0.25, 0.3) is 0 Å². The van der Waals surface area contributed by atoms with Gasteiger partial charge in [-0.25, -0.2) is 0 Å². The maximum absolute atomic E-state index is 9.94. The first-order valence-electron chi connectivity index (χ1n) is 30.4. The molecule has 0 aliphatic rings. The fourth-order valence-electron chi connectivity index (χ4n) is 9.80. The standard InChI is InChI=1S/C20H26O2.C20H24O2.2C20H22O2.2CH3.2Pd.2H2/c4*1-15(2)9-12-19-17(13-18(21)14-20(19)22-3)11-10-16-7-5-4-6-8-16;;;;;;/h4-8,13-15,21H,9-12H2,1-3H3;4-9,13-14,21H,10-12H2,1-3H3;2*4-11,13-14,21H,12H2,1-3H3;2*1H3;;;2*1H/q;;;;2*-1;;;;/b;;2*11-10+;;;;;;. The SMILES string of the molecule is COc1cc(O)cc(/C=C/c2ccccc2)c1CC=C(C)C.COc1cc(O)cc(/C=C/c2ccccc2)c1CC=C(C)C.COc1cc(O)cc(CCc2ccccc2)c1CC=C(C)C.COc1cc(O)cc(CCc2ccccc2)c1CCC(C)C.[CH3-].[CH3-].[HH].[HH].[Pd].[Pd]. The third-order valence-electron chi connectivity index (χ3n) is 14.6. The zero-order valence-corrected chi connectivity index (χ0v) is 59.8. The second-order valence-corrected chi connectivity index (χ2v) is 22.9. The van der Waals surface area contributed by atoms with Crippen molar-refractivity contribution in [1.29, 1.82) is 0 Å². The van der Waals surface area contributed by atoms with Gasteiger partial charge in [-0.2, -0.15) is 0 Å². The minimum atomic E-state index is 0. The summed E-state index contributed by atoms with van der Waals surface area (Å²) in [4.78, 5) is 0. The molecule has 0 saturated heterocycles. The average molecular weight is 1430 g/mol. The molecule has 8 aromatic rings. The molecule has 0 bridgehead atoms. The predicted molar refractivity (Wildman–Crippen MR) is 387 cm³/mol. The summed E-state index contributed by atoms with van der Waals surface area (Å²) in [7, 11) is 6.59. The first kappa shape index (κ1) is 82.2. The van der Waals surface area contributed by atoms with Gasteiger partial charge in [-0.15, -0.1) is 0 Å². The van der Waals surface area contributed by atoms with Gasteiger partial charge in [0.05, 0.1) is 28.4 Å². The molecule has 8 aromatic carbocycles. The maximum Gasteiger partial charge on any atom is 0.126 e. The Labute approximate surface area is 583 Å². The number of phenolic OH excluding ortho intramolecular Hbond substituents is 4. The molecular formula is C82H104O8Pd2-2.